The molecule has 1 aliphatic heterocycles. The van der Waals surface area contributed by atoms with Crippen molar-refractivity contribution in [1.82, 2.24) is 29.5 Å². The predicted octanol–water partition coefficient (Wildman–Crippen LogP) is 4.19. The normalized spacial score (nSPS) is 17.3. The van der Waals surface area contributed by atoms with Gasteiger partial charge in [-0.3, -0.25) is 9.47 Å². The molecule has 1 N–H and O–H groups in total. The number of alkyl halides is 1. The third-order valence-electron chi connectivity index (χ3n) is 6.78. The summed E-state index contributed by atoms with van der Waals surface area (Å²) in [5.74, 6) is 0.0781. The van der Waals surface area contributed by atoms with Gasteiger partial charge >= 0.3 is 0 Å². The van der Waals surface area contributed by atoms with E-state index in [1.807, 2.05) is 29.0 Å². The lowest BCUT2D eigenvalue weighted by atomic mass is 10.00. The molecule has 0 spiro atoms. The maximum Gasteiger partial charge on any atom is 0.123 e. The number of aromatic amines is 1. The lowest BCUT2D eigenvalue weighted by Gasteiger charge is -2.36. The second kappa shape index (κ2) is 10.0. The number of hydrogen-bond donors (Lipinski definition) is 1. The number of benzene rings is 2. The van der Waals surface area contributed by atoms with E-state index in [-0.39, 0.29) is 11.7 Å². The number of halogens is 2. The number of hydrogen-bond acceptors (Lipinski definition) is 4. The first-order valence-electron chi connectivity index (χ1n) is 11.8. The fraction of sp³-hybridized carbons (Fsp3) is 0.385. The SMILES string of the molecule is CC(CN1CCN(CC(F)Cc2c[nH]c3ccc(-n4cnnc4)cc23)CC1)c1cccc(F)c1. The Hall–Kier alpha value is -3.10. The monoisotopic (exact) mass is 464 g/mol. The third-order valence-corrected chi connectivity index (χ3v) is 6.78. The summed E-state index contributed by atoms with van der Waals surface area (Å²) >= 11 is 0. The van der Waals surface area contributed by atoms with Gasteiger partial charge in [-0.05, 0) is 47.4 Å². The van der Waals surface area contributed by atoms with Crippen molar-refractivity contribution in [2.75, 3.05) is 39.3 Å². The highest BCUT2D eigenvalue weighted by molar-refractivity contribution is 5.85. The van der Waals surface area contributed by atoms with E-state index in [1.54, 1.807) is 24.8 Å². The van der Waals surface area contributed by atoms with Crippen molar-refractivity contribution >= 4 is 10.9 Å². The largest absolute Gasteiger partial charge is 0.361 e. The van der Waals surface area contributed by atoms with Gasteiger partial charge in [-0.25, -0.2) is 8.78 Å². The number of aromatic nitrogens is 4. The Labute approximate surface area is 198 Å². The first-order valence-corrected chi connectivity index (χ1v) is 11.8. The van der Waals surface area contributed by atoms with Crippen LogP contribution in [0.3, 0.4) is 0 Å². The maximum absolute atomic E-state index is 15.1. The van der Waals surface area contributed by atoms with Gasteiger partial charge in [0.15, 0.2) is 0 Å². The highest BCUT2D eigenvalue weighted by Crippen LogP contribution is 2.24. The van der Waals surface area contributed by atoms with Crippen LogP contribution in [0, 0.1) is 5.82 Å². The molecule has 0 bridgehead atoms. The van der Waals surface area contributed by atoms with Gasteiger partial charge in [0, 0.05) is 68.5 Å². The van der Waals surface area contributed by atoms with Gasteiger partial charge in [0.2, 0.25) is 0 Å². The summed E-state index contributed by atoms with van der Waals surface area (Å²) < 4.78 is 30.5. The van der Waals surface area contributed by atoms with Gasteiger partial charge in [-0.1, -0.05) is 19.1 Å². The number of nitrogens with zero attached hydrogens (tertiary/aromatic N) is 5. The summed E-state index contributed by atoms with van der Waals surface area (Å²) in [6, 6.07) is 12.9. The molecule has 2 unspecified atom stereocenters. The summed E-state index contributed by atoms with van der Waals surface area (Å²) in [5, 5.41) is 8.76. The Bertz CT molecular complexity index is 1210. The van der Waals surface area contributed by atoms with Crippen LogP contribution in [0.15, 0.2) is 61.3 Å². The summed E-state index contributed by atoms with van der Waals surface area (Å²) in [7, 11) is 0. The number of H-pyrrole nitrogens is 1. The van der Waals surface area contributed by atoms with Crippen LogP contribution in [0.25, 0.3) is 16.6 Å². The molecule has 178 valence electrons. The van der Waals surface area contributed by atoms with E-state index in [2.05, 4.69) is 38.0 Å². The number of nitrogens with one attached hydrogen (secondary N) is 1. The fourth-order valence-electron chi connectivity index (χ4n) is 4.87. The van der Waals surface area contributed by atoms with Crippen LogP contribution in [0.1, 0.15) is 24.0 Å². The van der Waals surface area contributed by atoms with E-state index in [9.17, 15) is 4.39 Å². The zero-order chi connectivity index (χ0) is 23.5. The Kier molecular flexibility index (Phi) is 6.69. The maximum atomic E-state index is 15.1. The summed E-state index contributed by atoms with van der Waals surface area (Å²) in [4.78, 5) is 7.87. The highest BCUT2D eigenvalue weighted by Gasteiger charge is 2.22. The van der Waals surface area contributed by atoms with Crippen molar-refractivity contribution in [3.63, 3.8) is 0 Å². The third kappa shape index (κ3) is 5.18. The molecule has 34 heavy (non-hydrogen) atoms. The predicted molar refractivity (Wildman–Crippen MR) is 130 cm³/mol. The molecule has 5 rings (SSSR count). The zero-order valence-corrected chi connectivity index (χ0v) is 19.4. The molecule has 8 heteroatoms. The molecule has 0 radical (unpaired) electrons. The quantitative estimate of drug-likeness (QED) is 0.425. The van der Waals surface area contributed by atoms with Crippen LogP contribution < -0.4 is 0 Å². The van der Waals surface area contributed by atoms with Gasteiger partial charge in [0.1, 0.15) is 24.6 Å². The van der Waals surface area contributed by atoms with Gasteiger partial charge in [-0.15, -0.1) is 10.2 Å². The van der Waals surface area contributed by atoms with E-state index in [4.69, 9.17) is 0 Å². The molecular weight excluding hydrogens is 434 g/mol. The van der Waals surface area contributed by atoms with Crippen molar-refractivity contribution < 1.29 is 8.78 Å². The number of rotatable bonds is 8. The fourth-order valence-corrected chi connectivity index (χ4v) is 4.87. The minimum atomic E-state index is -0.935. The average Bonchev–Trinajstić information content (AvgIpc) is 3.51. The summed E-state index contributed by atoms with van der Waals surface area (Å²) in [5.41, 5.74) is 3.97. The van der Waals surface area contributed by atoms with E-state index in [0.717, 1.165) is 60.4 Å². The molecule has 4 aromatic rings. The zero-order valence-electron chi connectivity index (χ0n) is 19.4. The molecule has 1 saturated heterocycles. The number of piperazine rings is 1. The standard InChI is InChI=1S/C26H30F2N6/c1-19(20-3-2-4-22(27)11-20)15-32-7-9-33(10-8-32)16-23(28)12-21-14-29-26-6-5-24(13-25(21)26)34-17-30-31-18-34/h2-6,11,13-14,17-19,23,29H,7-10,12,15-16H2,1H3. The lowest BCUT2D eigenvalue weighted by Crippen LogP contribution is -2.49. The van der Waals surface area contributed by atoms with E-state index >= 15 is 4.39 Å². The van der Waals surface area contributed by atoms with Crippen LogP contribution in [-0.4, -0.2) is 75.0 Å². The van der Waals surface area contributed by atoms with Crippen molar-refractivity contribution in [2.24, 2.45) is 0 Å². The molecule has 2 aromatic carbocycles. The first kappa shape index (κ1) is 22.7. The Morgan fingerprint density at radius 3 is 2.44 bits per heavy atom. The van der Waals surface area contributed by atoms with Crippen molar-refractivity contribution in [3.8, 4) is 5.69 Å². The second-order valence-corrected chi connectivity index (χ2v) is 9.27. The van der Waals surface area contributed by atoms with Gasteiger partial charge in [0.25, 0.3) is 0 Å². The van der Waals surface area contributed by atoms with Crippen molar-refractivity contribution in [2.45, 2.75) is 25.4 Å². The van der Waals surface area contributed by atoms with Crippen molar-refractivity contribution in [1.29, 1.82) is 0 Å². The topological polar surface area (TPSA) is 53.0 Å². The molecule has 0 aliphatic carbocycles. The minimum Gasteiger partial charge on any atom is -0.361 e. The average molecular weight is 465 g/mol. The van der Waals surface area contributed by atoms with E-state index < -0.39 is 6.17 Å². The van der Waals surface area contributed by atoms with E-state index in [1.165, 1.54) is 6.07 Å². The van der Waals surface area contributed by atoms with Gasteiger partial charge < -0.3 is 9.88 Å². The molecule has 2 atom stereocenters. The summed E-state index contributed by atoms with van der Waals surface area (Å²) in [6.45, 7) is 6.97. The smallest absolute Gasteiger partial charge is 0.123 e. The Balaban J connectivity index is 1.14. The molecule has 2 aromatic heterocycles. The van der Waals surface area contributed by atoms with Crippen LogP contribution >= 0.6 is 0 Å². The molecular formula is C26H30F2N6. The van der Waals surface area contributed by atoms with Crippen LogP contribution in [0.2, 0.25) is 0 Å². The minimum absolute atomic E-state index is 0.187. The Morgan fingerprint density at radius 2 is 1.71 bits per heavy atom. The molecule has 1 aliphatic rings. The molecule has 6 nitrogen and oxygen atoms in total. The molecule has 0 amide bonds. The summed E-state index contributed by atoms with van der Waals surface area (Å²) in [6.07, 6.45) is 4.67. The molecule has 0 saturated carbocycles. The number of fused-ring (bicyclic) bond motifs is 1. The highest BCUT2D eigenvalue weighted by atomic mass is 19.1. The van der Waals surface area contributed by atoms with Crippen LogP contribution in [0.5, 0.6) is 0 Å². The van der Waals surface area contributed by atoms with Crippen LogP contribution in [-0.2, 0) is 6.42 Å². The Morgan fingerprint density at radius 1 is 0.971 bits per heavy atom. The van der Waals surface area contributed by atoms with Gasteiger partial charge in [-0.2, -0.15) is 0 Å². The first-order chi connectivity index (χ1) is 16.5. The van der Waals surface area contributed by atoms with Crippen LogP contribution in [0.4, 0.5) is 8.78 Å². The molecule has 3 heterocycles. The second-order valence-electron chi connectivity index (χ2n) is 9.27. The van der Waals surface area contributed by atoms with Gasteiger partial charge in [0.05, 0.1) is 0 Å². The molecule has 1 fully saturated rings. The van der Waals surface area contributed by atoms with E-state index in [0.29, 0.717) is 13.0 Å². The van der Waals surface area contributed by atoms with Crippen molar-refractivity contribution in [3.05, 3.63) is 78.3 Å². The lowest BCUT2D eigenvalue weighted by molar-refractivity contribution is 0.104.